The largest absolute Gasteiger partial charge is 0.316 e. The van der Waals surface area contributed by atoms with E-state index in [0.717, 1.165) is 25.7 Å². The van der Waals surface area contributed by atoms with Gasteiger partial charge in [-0.3, -0.25) is 4.98 Å². The second-order valence-corrected chi connectivity index (χ2v) is 8.68. The summed E-state index contributed by atoms with van der Waals surface area (Å²) in [5.41, 5.74) is 2.59. The van der Waals surface area contributed by atoms with Gasteiger partial charge in [0.05, 0.1) is 11.5 Å². The first-order valence-electron chi connectivity index (χ1n) is 7.90. The molecule has 0 spiro atoms. The van der Waals surface area contributed by atoms with Crippen LogP contribution in [0.4, 0.5) is 0 Å². The minimum absolute atomic E-state index is 0.307. The molecular formula is C16H24N2O2S. The molecule has 0 saturated carbocycles. The van der Waals surface area contributed by atoms with Crippen LogP contribution in [0.5, 0.6) is 0 Å². The predicted octanol–water partition coefficient (Wildman–Crippen LogP) is 1.91. The Balaban J connectivity index is 1.75. The Kier molecular flexibility index (Phi) is 4.31. The summed E-state index contributed by atoms with van der Waals surface area (Å²) in [7, 11) is -0.793. The molecule has 1 aliphatic carbocycles. The Labute approximate surface area is 127 Å². The molecule has 0 bridgehead atoms. The van der Waals surface area contributed by atoms with Crippen molar-refractivity contribution in [1.29, 1.82) is 0 Å². The molecule has 1 N–H and O–H groups in total. The number of rotatable bonds is 4. The average Bonchev–Trinajstić information content (AvgIpc) is 2.83. The van der Waals surface area contributed by atoms with Gasteiger partial charge in [-0.25, -0.2) is 8.42 Å². The van der Waals surface area contributed by atoms with Gasteiger partial charge >= 0.3 is 0 Å². The Bertz CT molecular complexity index is 600. The molecule has 3 unspecified atom stereocenters. The number of nitrogens with one attached hydrogen (secondary N) is 1. The first kappa shape index (κ1) is 15.0. The maximum absolute atomic E-state index is 11.7. The van der Waals surface area contributed by atoms with Crippen LogP contribution in [0.15, 0.2) is 18.3 Å². The summed E-state index contributed by atoms with van der Waals surface area (Å²) < 4.78 is 23.3. The van der Waals surface area contributed by atoms with Crippen molar-refractivity contribution in [3.05, 3.63) is 29.6 Å². The summed E-state index contributed by atoms with van der Waals surface area (Å²) in [6.45, 7) is 0. The van der Waals surface area contributed by atoms with Gasteiger partial charge < -0.3 is 5.32 Å². The third-order valence-corrected chi connectivity index (χ3v) is 6.85. The average molecular weight is 308 g/mol. The zero-order chi connectivity index (χ0) is 14.9. The first-order chi connectivity index (χ1) is 10.1. The number of aromatic nitrogens is 1. The lowest BCUT2D eigenvalue weighted by atomic mass is 9.79. The maximum Gasteiger partial charge on any atom is 0.150 e. The van der Waals surface area contributed by atoms with Crippen molar-refractivity contribution < 1.29 is 8.42 Å². The summed E-state index contributed by atoms with van der Waals surface area (Å²) >= 11 is 0. The Morgan fingerprint density at radius 3 is 3.00 bits per heavy atom. The van der Waals surface area contributed by atoms with Gasteiger partial charge in [-0.1, -0.05) is 6.07 Å². The standard InChI is InChI=1S/C16H24N2O2S/c1-17-15(10-12-7-9-21(19,20)11-12)14-6-2-4-13-5-3-8-18-16(13)14/h3,5,8,12,14-15,17H,2,4,6-7,9-11H2,1H3. The van der Waals surface area contributed by atoms with Crippen LogP contribution in [-0.2, 0) is 16.3 Å². The first-order valence-corrected chi connectivity index (χ1v) is 9.72. The third kappa shape index (κ3) is 3.29. The highest BCUT2D eigenvalue weighted by Crippen LogP contribution is 2.36. The molecule has 1 aliphatic heterocycles. The van der Waals surface area contributed by atoms with E-state index in [0.29, 0.717) is 29.4 Å². The minimum Gasteiger partial charge on any atom is -0.316 e. The number of pyridine rings is 1. The number of fused-ring (bicyclic) bond motifs is 1. The van der Waals surface area contributed by atoms with E-state index < -0.39 is 9.84 Å². The van der Waals surface area contributed by atoms with Crippen molar-refractivity contribution in [3.63, 3.8) is 0 Å². The van der Waals surface area contributed by atoms with Crippen LogP contribution in [0.3, 0.4) is 0 Å². The van der Waals surface area contributed by atoms with Crippen molar-refractivity contribution in [2.75, 3.05) is 18.6 Å². The SMILES string of the molecule is CNC(CC1CCS(=O)(=O)C1)C1CCCc2cccnc21. The highest BCUT2D eigenvalue weighted by atomic mass is 32.2. The summed E-state index contributed by atoms with van der Waals surface area (Å²) in [5.74, 6) is 1.46. The monoisotopic (exact) mass is 308 g/mol. The van der Waals surface area contributed by atoms with Gasteiger partial charge in [-0.05, 0) is 56.7 Å². The number of aryl methyl sites for hydroxylation is 1. The second kappa shape index (κ2) is 6.05. The predicted molar refractivity (Wildman–Crippen MR) is 84.1 cm³/mol. The highest BCUT2D eigenvalue weighted by Gasteiger charge is 2.34. The lowest BCUT2D eigenvalue weighted by molar-refractivity contribution is 0.343. The maximum atomic E-state index is 11.7. The molecule has 1 saturated heterocycles. The molecule has 116 valence electrons. The topological polar surface area (TPSA) is 59.1 Å². The van der Waals surface area contributed by atoms with Crippen LogP contribution in [0, 0.1) is 5.92 Å². The third-order valence-electron chi connectivity index (χ3n) is 5.01. The van der Waals surface area contributed by atoms with Crippen LogP contribution in [0.25, 0.3) is 0 Å². The van der Waals surface area contributed by atoms with Gasteiger partial charge in [-0.15, -0.1) is 0 Å². The zero-order valence-corrected chi connectivity index (χ0v) is 13.4. The van der Waals surface area contributed by atoms with Gasteiger partial charge in [0.25, 0.3) is 0 Å². The van der Waals surface area contributed by atoms with E-state index in [1.54, 1.807) is 0 Å². The summed E-state index contributed by atoms with van der Waals surface area (Å²) in [4.78, 5) is 4.61. The summed E-state index contributed by atoms with van der Waals surface area (Å²) in [6, 6.07) is 4.53. The highest BCUT2D eigenvalue weighted by molar-refractivity contribution is 7.91. The van der Waals surface area contributed by atoms with Crippen LogP contribution in [0.2, 0.25) is 0 Å². The normalized spacial score (nSPS) is 29.0. The lowest BCUT2D eigenvalue weighted by Crippen LogP contribution is -2.36. The lowest BCUT2D eigenvalue weighted by Gasteiger charge is -2.32. The van der Waals surface area contributed by atoms with E-state index in [1.165, 1.54) is 17.7 Å². The van der Waals surface area contributed by atoms with Crippen molar-refractivity contribution in [2.45, 2.75) is 44.1 Å². The molecule has 5 heteroatoms. The molecule has 0 radical (unpaired) electrons. The number of likely N-dealkylation sites (N-methyl/N-ethyl adjacent to an activating group) is 1. The Morgan fingerprint density at radius 1 is 1.43 bits per heavy atom. The number of nitrogens with zero attached hydrogens (tertiary/aromatic N) is 1. The molecule has 0 aromatic carbocycles. The van der Waals surface area contributed by atoms with Crippen molar-refractivity contribution >= 4 is 9.84 Å². The molecule has 21 heavy (non-hydrogen) atoms. The van der Waals surface area contributed by atoms with Gasteiger partial charge in [0, 0.05) is 23.9 Å². The fourth-order valence-corrected chi connectivity index (χ4v) is 5.82. The van der Waals surface area contributed by atoms with E-state index in [-0.39, 0.29) is 0 Å². The molecule has 2 heterocycles. The van der Waals surface area contributed by atoms with E-state index in [9.17, 15) is 8.42 Å². The number of hydrogen-bond acceptors (Lipinski definition) is 4. The van der Waals surface area contributed by atoms with Gasteiger partial charge in [0.2, 0.25) is 0 Å². The van der Waals surface area contributed by atoms with Crippen LogP contribution >= 0.6 is 0 Å². The van der Waals surface area contributed by atoms with E-state index >= 15 is 0 Å². The van der Waals surface area contributed by atoms with E-state index in [2.05, 4.69) is 16.4 Å². The van der Waals surface area contributed by atoms with Crippen molar-refractivity contribution in [3.8, 4) is 0 Å². The molecule has 2 aliphatic rings. The Hall–Kier alpha value is -0.940. The molecule has 3 atom stereocenters. The zero-order valence-electron chi connectivity index (χ0n) is 12.6. The van der Waals surface area contributed by atoms with E-state index in [1.807, 2.05) is 19.3 Å². The van der Waals surface area contributed by atoms with Gasteiger partial charge in [-0.2, -0.15) is 0 Å². The van der Waals surface area contributed by atoms with E-state index in [4.69, 9.17) is 0 Å². The fraction of sp³-hybridized carbons (Fsp3) is 0.688. The van der Waals surface area contributed by atoms with Crippen molar-refractivity contribution in [1.82, 2.24) is 10.3 Å². The summed E-state index contributed by atoms with van der Waals surface area (Å²) in [6.07, 6.45) is 7.11. The quantitative estimate of drug-likeness (QED) is 0.923. The van der Waals surface area contributed by atoms with Crippen molar-refractivity contribution in [2.24, 2.45) is 5.92 Å². The second-order valence-electron chi connectivity index (χ2n) is 6.45. The number of sulfone groups is 1. The van der Waals surface area contributed by atoms with Gasteiger partial charge in [0.1, 0.15) is 0 Å². The van der Waals surface area contributed by atoms with Crippen LogP contribution in [-0.4, -0.2) is 38.0 Å². The molecule has 1 fully saturated rings. The Morgan fingerprint density at radius 2 is 2.29 bits per heavy atom. The summed E-state index contributed by atoms with van der Waals surface area (Å²) in [5, 5.41) is 3.43. The molecule has 4 nitrogen and oxygen atoms in total. The van der Waals surface area contributed by atoms with Crippen LogP contribution < -0.4 is 5.32 Å². The molecular weight excluding hydrogens is 284 g/mol. The van der Waals surface area contributed by atoms with Crippen LogP contribution in [0.1, 0.15) is 42.9 Å². The molecule has 0 amide bonds. The number of hydrogen-bond donors (Lipinski definition) is 1. The molecule has 1 aromatic rings. The van der Waals surface area contributed by atoms with Gasteiger partial charge in [0.15, 0.2) is 9.84 Å². The smallest absolute Gasteiger partial charge is 0.150 e. The minimum atomic E-state index is -2.78. The molecule has 1 aromatic heterocycles. The molecule has 3 rings (SSSR count). The fourth-order valence-electron chi connectivity index (χ4n) is 3.94.